The van der Waals surface area contributed by atoms with Crippen molar-refractivity contribution in [1.29, 1.82) is 0 Å². The lowest BCUT2D eigenvalue weighted by molar-refractivity contribution is -0.119. The van der Waals surface area contributed by atoms with E-state index in [1.54, 1.807) is 12.3 Å². The van der Waals surface area contributed by atoms with Crippen LogP contribution in [0.15, 0.2) is 59.2 Å². The quantitative estimate of drug-likeness (QED) is 0.647. The Morgan fingerprint density at radius 1 is 1.25 bits per heavy atom. The molecule has 2 aromatic carbocycles. The summed E-state index contributed by atoms with van der Waals surface area (Å²) in [5.41, 5.74) is 5.11. The van der Waals surface area contributed by atoms with E-state index in [9.17, 15) is 4.79 Å². The zero-order valence-corrected chi connectivity index (χ0v) is 13.6. The number of hydrogen-bond donors (Lipinski definition) is 2. The van der Waals surface area contributed by atoms with Gasteiger partial charge in [-0.1, -0.05) is 29.8 Å². The van der Waals surface area contributed by atoms with Crippen molar-refractivity contribution in [3.63, 3.8) is 0 Å². The summed E-state index contributed by atoms with van der Waals surface area (Å²) in [6.07, 6.45) is 3.51. The van der Waals surface area contributed by atoms with Crippen LogP contribution in [-0.2, 0) is 4.79 Å². The van der Waals surface area contributed by atoms with Crippen LogP contribution in [-0.4, -0.2) is 25.3 Å². The first-order valence-electron chi connectivity index (χ1n) is 7.44. The Hall–Kier alpha value is -2.79. The molecule has 2 N–H and O–H groups in total. The van der Waals surface area contributed by atoms with Gasteiger partial charge in [0.2, 0.25) is 0 Å². The minimum Gasteiger partial charge on any atom is -0.488 e. The van der Waals surface area contributed by atoms with Gasteiger partial charge in [-0.15, -0.1) is 0 Å². The molecule has 122 valence electrons. The summed E-state index contributed by atoms with van der Waals surface area (Å²) in [4.78, 5) is 11.7. The molecule has 0 aromatic heterocycles. The summed E-state index contributed by atoms with van der Waals surface area (Å²) in [5.74, 6) is 0.559. The van der Waals surface area contributed by atoms with Gasteiger partial charge in [0.1, 0.15) is 12.4 Å². The highest BCUT2D eigenvalue weighted by Gasteiger charge is 2.10. The number of rotatable bonds is 5. The molecule has 0 saturated heterocycles. The van der Waals surface area contributed by atoms with Gasteiger partial charge in [0.05, 0.1) is 12.8 Å². The maximum atomic E-state index is 11.7. The smallest absolute Gasteiger partial charge is 0.259 e. The van der Waals surface area contributed by atoms with E-state index >= 15 is 0 Å². The van der Waals surface area contributed by atoms with Gasteiger partial charge in [-0.25, -0.2) is 5.43 Å². The van der Waals surface area contributed by atoms with E-state index in [0.717, 1.165) is 22.6 Å². The second-order valence-electron chi connectivity index (χ2n) is 5.20. The number of nitrogens with one attached hydrogen (secondary N) is 2. The van der Waals surface area contributed by atoms with Crippen molar-refractivity contribution in [2.75, 3.05) is 18.5 Å². The van der Waals surface area contributed by atoms with Gasteiger partial charge in [0, 0.05) is 21.8 Å². The first-order valence-corrected chi connectivity index (χ1v) is 7.82. The molecule has 0 radical (unpaired) electrons. The minimum absolute atomic E-state index is 0.148. The summed E-state index contributed by atoms with van der Waals surface area (Å²) in [5, 5.41) is 7.61. The van der Waals surface area contributed by atoms with E-state index in [1.807, 2.05) is 48.5 Å². The van der Waals surface area contributed by atoms with Gasteiger partial charge in [-0.3, -0.25) is 4.79 Å². The highest BCUT2D eigenvalue weighted by molar-refractivity contribution is 6.30. The molecule has 0 bridgehead atoms. The molecule has 0 unspecified atom stereocenters. The van der Waals surface area contributed by atoms with E-state index in [1.165, 1.54) is 0 Å². The first-order chi connectivity index (χ1) is 11.7. The van der Waals surface area contributed by atoms with Gasteiger partial charge in [0.25, 0.3) is 5.91 Å². The Morgan fingerprint density at radius 3 is 2.92 bits per heavy atom. The lowest BCUT2D eigenvalue weighted by Crippen LogP contribution is -2.26. The molecule has 6 heteroatoms. The van der Waals surface area contributed by atoms with Gasteiger partial charge in [-0.05, 0) is 36.4 Å². The molecule has 0 spiro atoms. The van der Waals surface area contributed by atoms with E-state index in [0.29, 0.717) is 11.6 Å². The Balaban J connectivity index is 1.52. The van der Waals surface area contributed by atoms with E-state index in [-0.39, 0.29) is 12.5 Å². The molecule has 1 heterocycles. The first kappa shape index (κ1) is 16.1. The third-order valence-corrected chi connectivity index (χ3v) is 3.59. The van der Waals surface area contributed by atoms with Crippen LogP contribution >= 0.6 is 11.6 Å². The molecule has 1 amide bonds. The second kappa shape index (κ2) is 7.66. The predicted molar refractivity (Wildman–Crippen MR) is 96.5 cm³/mol. The van der Waals surface area contributed by atoms with Crippen LogP contribution in [0.5, 0.6) is 5.75 Å². The van der Waals surface area contributed by atoms with Crippen molar-refractivity contribution in [1.82, 2.24) is 5.43 Å². The van der Waals surface area contributed by atoms with Crippen molar-refractivity contribution in [2.24, 2.45) is 5.10 Å². The molecule has 0 saturated carbocycles. The molecule has 0 aliphatic carbocycles. The number of halogens is 1. The Morgan fingerprint density at radius 2 is 2.08 bits per heavy atom. The molecule has 24 heavy (non-hydrogen) atoms. The third-order valence-electron chi connectivity index (χ3n) is 3.35. The summed E-state index contributed by atoms with van der Waals surface area (Å²) in [6.45, 7) is 0.547. The Kier molecular flexibility index (Phi) is 5.13. The van der Waals surface area contributed by atoms with Crippen LogP contribution in [0.2, 0.25) is 5.02 Å². The topological polar surface area (TPSA) is 62.7 Å². The van der Waals surface area contributed by atoms with Gasteiger partial charge >= 0.3 is 0 Å². The van der Waals surface area contributed by atoms with Crippen LogP contribution in [0.1, 0.15) is 5.56 Å². The lowest BCUT2D eigenvalue weighted by Gasteiger charge is -2.15. The van der Waals surface area contributed by atoms with Crippen LogP contribution in [0.25, 0.3) is 6.08 Å². The SMILES string of the molecule is O=C(CNc1ccccc1)NN=CC1=Cc2cc(Cl)ccc2OC1. The maximum absolute atomic E-state index is 11.7. The molecule has 0 fully saturated rings. The maximum Gasteiger partial charge on any atom is 0.259 e. The monoisotopic (exact) mass is 341 g/mol. The van der Waals surface area contributed by atoms with Gasteiger partial charge in [-0.2, -0.15) is 5.10 Å². The number of amides is 1. The number of ether oxygens (including phenoxy) is 1. The van der Waals surface area contributed by atoms with Crippen LogP contribution in [0.3, 0.4) is 0 Å². The van der Waals surface area contributed by atoms with Crippen molar-refractivity contribution in [3.8, 4) is 5.75 Å². The molecular formula is C18H16ClN3O2. The predicted octanol–water partition coefficient (Wildman–Crippen LogP) is 3.33. The standard InChI is InChI=1S/C18H16ClN3O2/c19-15-6-7-17-14(9-15)8-13(12-24-17)10-21-22-18(23)11-20-16-4-2-1-3-5-16/h1-10,20H,11-12H2,(H,22,23). The fourth-order valence-electron chi connectivity index (χ4n) is 2.21. The highest BCUT2D eigenvalue weighted by Crippen LogP contribution is 2.28. The molecule has 3 rings (SSSR count). The van der Waals surface area contributed by atoms with Crippen LogP contribution in [0.4, 0.5) is 5.69 Å². The third kappa shape index (κ3) is 4.36. The summed E-state index contributed by atoms with van der Waals surface area (Å²) < 4.78 is 5.61. The van der Waals surface area contributed by atoms with E-state index in [4.69, 9.17) is 16.3 Å². The zero-order chi connectivity index (χ0) is 16.8. The molecule has 2 aromatic rings. The average molecular weight is 342 g/mol. The second-order valence-corrected chi connectivity index (χ2v) is 5.64. The fraction of sp³-hybridized carbons (Fsp3) is 0.111. The van der Waals surface area contributed by atoms with E-state index in [2.05, 4.69) is 15.8 Å². The van der Waals surface area contributed by atoms with Gasteiger partial charge in [0.15, 0.2) is 0 Å². The summed E-state index contributed by atoms with van der Waals surface area (Å²) >= 11 is 5.97. The number of carbonyl (C=O) groups excluding carboxylic acids is 1. The molecule has 1 aliphatic rings. The van der Waals surface area contributed by atoms with Gasteiger partial charge < -0.3 is 10.1 Å². The van der Waals surface area contributed by atoms with E-state index < -0.39 is 0 Å². The average Bonchev–Trinajstić information content (AvgIpc) is 2.60. The lowest BCUT2D eigenvalue weighted by atomic mass is 10.1. The normalized spacial score (nSPS) is 13.0. The number of hydrazone groups is 1. The Labute approximate surface area is 145 Å². The number of nitrogens with zero attached hydrogens (tertiary/aromatic N) is 1. The molecule has 1 aliphatic heterocycles. The largest absolute Gasteiger partial charge is 0.488 e. The van der Waals surface area contributed by atoms with Crippen molar-refractivity contribution in [3.05, 3.63) is 64.7 Å². The van der Waals surface area contributed by atoms with Crippen molar-refractivity contribution in [2.45, 2.75) is 0 Å². The highest BCUT2D eigenvalue weighted by atomic mass is 35.5. The number of fused-ring (bicyclic) bond motifs is 1. The summed E-state index contributed by atoms with van der Waals surface area (Å²) in [6, 6.07) is 14.9. The zero-order valence-electron chi connectivity index (χ0n) is 12.8. The van der Waals surface area contributed by atoms with Crippen molar-refractivity contribution < 1.29 is 9.53 Å². The van der Waals surface area contributed by atoms with Crippen LogP contribution in [0, 0.1) is 0 Å². The minimum atomic E-state index is -0.226. The van der Waals surface area contributed by atoms with Crippen molar-refractivity contribution >= 4 is 35.5 Å². The molecular weight excluding hydrogens is 326 g/mol. The molecule has 0 atom stereocenters. The number of hydrogen-bond acceptors (Lipinski definition) is 4. The molecule has 5 nitrogen and oxygen atoms in total. The Bertz CT molecular complexity index is 788. The number of carbonyl (C=O) groups is 1. The number of benzene rings is 2. The number of anilines is 1. The van der Waals surface area contributed by atoms with Crippen LogP contribution < -0.4 is 15.5 Å². The fourth-order valence-corrected chi connectivity index (χ4v) is 2.39. The number of para-hydroxylation sites is 1. The summed E-state index contributed by atoms with van der Waals surface area (Å²) in [7, 11) is 0.